The SMILES string of the molecule is COC(=O)C(Cc1ccc(-c2noc(C(F)(F)F)n2)cc1)OC. The number of esters is 1. The van der Waals surface area contributed by atoms with Crippen molar-refractivity contribution < 1.29 is 32.0 Å². The first-order valence-corrected chi connectivity index (χ1v) is 6.46. The first-order chi connectivity index (χ1) is 10.8. The Morgan fingerprint density at radius 2 is 1.91 bits per heavy atom. The molecule has 0 radical (unpaired) electrons. The zero-order chi connectivity index (χ0) is 17.0. The summed E-state index contributed by atoms with van der Waals surface area (Å²) in [4.78, 5) is 14.7. The molecular formula is C14H13F3N2O4. The lowest BCUT2D eigenvalue weighted by Gasteiger charge is -2.12. The smallest absolute Gasteiger partial charge is 0.467 e. The fourth-order valence-corrected chi connectivity index (χ4v) is 1.85. The molecule has 0 amide bonds. The highest BCUT2D eigenvalue weighted by molar-refractivity contribution is 5.75. The van der Waals surface area contributed by atoms with Crippen LogP contribution in [0.1, 0.15) is 11.5 Å². The number of carbonyl (C=O) groups excluding carboxylic acids is 1. The third-order valence-electron chi connectivity index (χ3n) is 3.05. The lowest BCUT2D eigenvalue weighted by molar-refractivity contribution is -0.159. The molecule has 0 fully saturated rings. The third-order valence-corrected chi connectivity index (χ3v) is 3.05. The summed E-state index contributed by atoms with van der Waals surface area (Å²) in [6.45, 7) is 0. The van der Waals surface area contributed by atoms with Crippen molar-refractivity contribution in [1.29, 1.82) is 0 Å². The molecule has 1 aromatic carbocycles. The van der Waals surface area contributed by atoms with Crippen molar-refractivity contribution in [2.45, 2.75) is 18.7 Å². The summed E-state index contributed by atoms with van der Waals surface area (Å²) in [5, 5.41) is 3.30. The summed E-state index contributed by atoms with van der Waals surface area (Å²) < 4.78 is 51.1. The van der Waals surface area contributed by atoms with Crippen molar-refractivity contribution in [2.75, 3.05) is 14.2 Å². The van der Waals surface area contributed by atoms with Crippen LogP contribution >= 0.6 is 0 Å². The average Bonchev–Trinajstić information content (AvgIpc) is 3.02. The predicted molar refractivity (Wildman–Crippen MR) is 71.3 cm³/mol. The minimum Gasteiger partial charge on any atom is -0.467 e. The monoisotopic (exact) mass is 330 g/mol. The molecule has 2 rings (SSSR count). The molecule has 1 atom stereocenters. The van der Waals surface area contributed by atoms with E-state index < -0.39 is 24.1 Å². The van der Waals surface area contributed by atoms with Crippen LogP contribution in [0, 0.1) is 0 Å². The van der Waals surface area contributed by atoms with Gasteiger partial charge in [-0.3, -0.25) is 0 Å². The van der Waals surface area contributed by atoms with Crippen molar-refractivity contribution in [3.8, 4) is 11.4 Å². The summed E-state index contributed by atoms with van der Waals surface area (Å²) in [6.07, 6.45) is -5.17. The van der Waals surface area contributed by atoms with Crippen LogP contribution in [-0.4, -0.2) is 36.4 Å². The van der Waals surface area contributed by atoms with Crippen LogP contribution in [0.5, 0.6) is 0 Å². The van der Waals surface area contributed by atoms with E-state index in [0.717, 1.165) is 5.56 Å². The molecule has 9 heteroatoms. The maximum atomic E-state index is 12.4. The first-order valence-electron chi connectivity index (χ1n) is 6.46. The summed E-state index contributed by atoms with van der Waals surface area (Å²) in [7, 11) is 2.64. The van der Waals surface area contributed by atoms with E-state index in [-0.39, 0.29) is 12.2 Å². The highest BCUT2D eigenvalue weighted by Crippen LogP contribution is 2.29. The van der Waals surface area contributed by atoms with E-state index in [0.29, 0.717) is 5.56 Å². The van der Waals surface area contributed by atoms with Gasteiger partial charge in [-0.05, 0) is 5.56 Å². The van der Waals surface area contributed by atoms with Gasteiger partial charge in [0.25, 0.3) is 0 Å². The number of ether oxygens (including phenoxy) is 2. The van der Waals surface area contributed by atoms with E-state index in [1.165, 1.54) is 26.4 Å². The molecule has 6 nitrogen and oxygen atoms in total. The number of hydrogen-bond donors (Lipinski definition) is 0. The van der Waals surface area contributed by atoms with Gasteiger partial charge in [0.15, 0.2) is 6.10 Å². The molecule has 1 unspecified atom stereocenters. The van der Waals surface area contributed by atoms with Gasteiger partial charge in [-0.15, -0.1) is 0 Å². The van der Waals surface area contributed by atoms with Crippen LogP contribution in [0.3, 0.4) is 0 Å². The highest BCUT2D eigenvalue weighted by Gasteiger charge is 2.38. The molecule has 0 aliphatic carbocycles. The van der Waals surface area contributed by atoms with E-state index in [2.05, 4.69) is 19.4 Å². The van der Waals surface area contributed by atoms with Crippen molar-refractivity contribution in [3.63, 3.8) is 0 Å². The lowest BCUT2D eigenvalue weighted by Crippen LogP contribution is -2.26. The molecule has 1 aromatic heterocycles. The Labute approximate surface area is 129 Å². The molecule has 2 aromatic rings. The largest absolute Gasteiger partial charge is 0.471 e. The second kappa shape index (κ2) is 6.78. The molecule has 124 valence electrons. The molecule has 0 saturated carbocycles. The molecule has 0 saturated heterocycles. The van der Waals surface area contributed by atoms with Crippen LogP contribution in [0.25, 0.3) is 11.4 Å². The third kappa shape index (κ3) is 4.07. The van der Waals surface area contributed by atoms with Crippen molar-refractivity contribution in [3.05, 3.63) is 35.7 Å². The van der Waals surface area contributed by atoms with Gasteiger partial charge in [0, 0.05) is 19.1 Å². The quantitative estimate of drug-likeness (QED) is 0.784. The fourth-order valence-electron chi connectivity index (χ4n) is 1.85. The summed E-state index contributed by atoms with van der Waals surface area (Å²) >= 11 is 0. The van der Waals surface area contributed by atoms with Gasteiger partial charge in [-0.2, -0.15) is 18.2 Å². The average molecular weight is 330 g/mol. The number of rotatable bonds is 5. The minimum atomic E-state index is -4.68. The van der Waals surface area contributed by atoms with Gasteiger partial charge in [0.1, 0.15) is 0 Å². The number of halogens is 3. The number of alkyl halides is 3. The predicted octanol–water partition coefficient (Wildman–Crippen LogP) is 2.49. The van der Waals surface area contributed by atoms with Gasteiger partial charge in [-0.1, -0.05) is 29.4 Å². The number of aromatic nitrogens is 2. The molecule has 1 heterocycles. The minimum absolute atomic E-state index is 0.167. The Hall–Kier alpha value is -2.42. The Balaban J connectivity index is 2.13. The molecule has 0 bridgehead atoms. The molecule has 0 N–H and O–H groups in total. The van der Waals surface area contributed by atoms with Crippen LogP contribution in [-0.2, 0) is 26.9 Å². The number of hydrogen-bond acceptors (Lipinski definition) is 6. The lowest BCUT2D eigenvalue weighted by atomic mass is 10.1. The van der Waals surface area contributed by atoms with Crippen LogP contribution in [0.4, 0.5) is 13.2 Å². The zero-order valence-corrected chi connectivity index (χ0v) is 12.3. The standard InChI is InChI=1S/C14H13F3N2O4/c1-21-10(12(20)22-2)7-8-3-5-9(6-4-8)11-18-13(23-19-11)14(15,16)17/h3-6,10H,7H2,1-2H3. The van der Waals surface area contributed by atoms with Crippen molar-refractivity contribution in [1.82, 2.24) is 10.1 Å². The van der Waals surface area contributed by atoms with Crippen LogP contribution < -0.4 is 0 Å². The fraction of sp³-hybridized carbons (Fsp3) is 0.357. The Morgan fingerprint density at radius 3 is 2.39 bits per heavy atom. The summed E-state index contributed by atoms with van der Waals surface area (Å²) in [5.41, 5.74) is 1.10. The summed E-state index contributed by atoms with van der Waals surface area (Å²) in [6, 6.07) is 6.33. The number of nitrogens with zero attached hydrogens (tertiary/aromatic N) is 2. The van der Waals surface area contributed by atoms with Gasteiger partial charge < -0.3 is 14.0 Å². The number of carbonyl (C=O) groups is 1. The second-order valence-corrected chi connectivity index (χ2v) is 4.57. The van der Waals surface area contributed by atoms with E-state index in [4.69, 9.17) is 4.74 Å². The summed E-state index contributed by atoms with van der Waals surface area (Å²) in [5.74, 6) is -2.08. The van der Waals surface area contributed by atoms with Gasteiger partial charge in [-0.25, -0.2) is 4.79 Å². The first kappa shape index (κ1) is 16.9. The van der Waals surface area contributed by atoms with Crippen LogP contribution in [0.2, 0.25) is 0 Å². The van der Waals surface area contributed by atoms with E-state index in [9.17, 15) is 18.0 Å². The molecule has 0 aliphatic rings. The Morgan fingerprint density at radius 1 is 1.26 bits per heavy atom. The van der Waals surface area contributed by atoms with Crippen LogP contribution in [0.15, 0.2) is 28.8 Å². The van der Waals surface area contributed by atoms with E-state index in [1.54, 1.807) is 12.1 Å². The number of benzene rings is 1. The Bertz CT molecular complexity index is 667. The van der Waals surface area contributed by atoms with Crippen molar-refractivity contribution >= 4 is 5.97 Å². The van der Waals surface area contributed by atoms with Gasteiger partial charge in [0.05, 0.1) is 7.11 Å². The maximum absolute atomic E-state index is 12.4. The van der Waals surface area contributed by atoms with E-state index in [1.807, 2.05) is 0 Å². The molecule has 0 spiro atoms. The molecular weight excluding hydrogens is 317 g/mol. The van der Waals surface area contributed by atoms with Gasteiger partial charge in [0.2, 0.25) is 5.82 Å². The maximum Gasteiger partial charge on any atom is 0.471 e. The highest BCUT2D eigenvalue weighted by atomic mass is 19.4. The molecule has 23 heavy (non-hydrogen) atoms. The van der Waals surface area contributed by atoms with Crippen molar-refractivity contribution in [2.24, 2.45) is 0 Å². The second-order valence-electron chi connectivity index (χ2n) is 4.57. The van der Waals surface area contributed by atoms with E-state index >= 15 is 0 Å². The van der Waals surface area contributed by atoms with Gasteiger partial charge >= 0.3 is 18.0 Å². The molecule has 0 aliphatic heterocycles. The zero-order valence-electron chi connectivity index (χ0n) is 12.3. The Kier molecular flexibility index (Phi) is 4.99. The normalized spacial score (nSPS) is 12.9. The topological polar surface area (TPSA) is 74.5 Å². The number of methoxy groups -OCH3 is 2.